The smallest absolute Gasteiger partial charge is 0.410 e. The maximum absolute atomic E-state index is 11.8. The van der Waals surface area contributed by atoms with Crippen LogP contribution in [-0.4, -0.2) is 46.4 Å². The van der Waals surface area contributed by atoms with Gasteiger partial charge in [0.05, 0.1) is 13.1 Å². The third-order valence-corrected chi connectivity index (χ3v) is 4.11. The van der Waals surface area contributed by atoms with E-state index in [2.05, 4.69) is 0 Å². The van der Waals surface area contributed by atoms with E-state index in [9.17, 15) is 9.90 Å². The molecule has 0 bridgehead atoms. The summed E-state index contributed by atoms with van der Waals surface area (Å²) in [5.41, 5.74) is 4.75. The summed E-state index contributed by atoms with van der Waals surface area (Å²) in [6.45, 7) is 6.09. The Balaban J connectivity index is 1.85. The second-order valence-electron chi connectivity index (χ2n) is 7.01. The van der Waals surface area contributed by atoms with Gasteiger partial charge in [0.2, 0.25) is 0 Å². The lowest BCUT2D eigenvalue weighted by molar-refractivity contribution is -0.120. The summed E-state index contributed by atoms with van der Waals surface area (Å²) < 4.78 is 5.28. The van der Waals surface area contributed by atoms with Crippen LogP contribution in [0.2, 0.25) is 0 Å². The number of carbonyl (C=O) groups is 1. The number of aliphatic hydroxyl groups is 1. The van der Waals surface area contributed by atoms with E-state index in [-0.39, 0.29) is 12.1 Å². The SMILES string of the molecule is CC(C)(C)OC(=O)N1CC(O)(C(N)C2CCCC2)C1. The summed E-state index contributed by atoms with van der Waals surface area (Å²) in [6, 6.07) is -0.228. The summed E-state index contributed by atoms with van der Waals surface area (Å²) in [5, 5.41) is 10.5. The molecular formula is C14H26N2O3. The topological polar surface area (TPSA) is 75.8 Å². The van der Waals surface area contributed by atoms with Gasteiger partial charge in [0.25, 0.3) is 0 Å². The fraction of sp³-hybridized carbons (Fsp3) is 0.929. The normalized spacial score (nSPS) is 25.0. The Hall–Kier alpha value is -0.810. The number of nitrogens with two attached hydrogens (primary N) is 1. The molecule has 110 valence electrons. The van der Waals surface area contributed by atoms with E-state index in [0.29, 0.717) is 19.0 Å². The van der Waals surface area contributed by atoms with E-state index in [1.807, 2.05) is 20.8 Å². The van der Waals surface area contributed by atoms with Crippen molar-refractivity contribution < 1.29 is 14.6 Å². The van der Waals surface area contributed by atoms with Crippen molar-refractivity contribution in [1.29, 1.82) is 0 Å². The lowest BCUT2D eigenvalue weighted by atomic mass is 9.79. The van der Waals surface area contributed by atoms with Crippen LogP contribution in [0.5, 0.6) is 0 Å². The van der Waals surface area contributed by atoms with Crippen LogP contribution < -0.4 is 5.73 Å². The first-order valence-corrected chi connectivity index (χ1v) is 7.17. The molecule has 2 rings (SSSR count). The number of nitrogens with zero attached hydrogens (tertiary/aromatic N) is 1. The Morgan fingerprint density at radius 1 is 1.37 bits per heavy atom. The third-order valence-electron chi connectivity index (χ3n) is 4.11. The number of ether oxygens (including phenoxy) is 1. The van der Waals surface area contributed by atoms with E-state index in [1.54, 1.807) is 0 Å². The molecule has 0 aromatic carbocycles. The third kappa shape index (κ3) is 3.20. The van der Waals surface area contributed by atoms with Crippen molar-refractivity contribution >= 4 is 6.09 Å². The van der Waals surface area contributed by atoms with Crippen molar-refractivity contribution in [2.45, 2.75) is 63.7 Å². The molecule has 2 fully saturated rings. The van der Waals surface area contributed by atoms with Crippen molar-refractivity contribution in [3.8, 4) is 0 Å². The standard InChI is InChI=1S/C14H26N2O3/c1-13(2,3)19-12(17)16-8-14(18,9-16)11(15)10-6-4-5-7-10/h10-11,18H,4-9,15H2,1-3H3. The van der Waals surface area contributed by atoms with E-state index >= 15 is 0 Å². The Morgan fingerprint density at radius 2 is 1.89 bits per heavy atom. The molecule has 5 heteroatoms. The van der Waals surface area contributed by atoms with Gasteiger partial charge in [-0.3, -0.25) is 0 Å². The second-order valence-corrected chi connectivity index (χ2v) is 7.01. The van der Waals surface area contributed by atoms with Gasteiger partial charge in [-0.25, -0.2) is 4.79 Å². The largest absolute Gasteiger partial charge is 0.444 e. The van der Waals surface area contributed by atoms with Gasteiger partial charge in [-0.15, -0.1) is 0 Å². The van der Waals surface area contributed by atoms with Gasteiger partial charge in [-0.2, -0.15) is 0 Å². The first-order chi connectivity index (χ1) is 8.71. The molecule has 19 heavy (non-hydrogen) atoms. The molecule has 1 saturated carbocycles. The van der Waals surface area contributed by atoms with E-state index in [0.717, 1.165) is 12.8 Å². The van der Waals surface area contributed by atoms with Gasteiger partial charge in [-0.1, -0.05) is 12.8 Å². The first-order valence-electron chi connectivity index (χ1n) is 7.17. The second kappa shape index (κ2) is 4.94. The molecule has 1 aliphatic carbocycles. The van der Waals surface area contributed by atoms with E-state index < -0.39 is 11.2 Å². The van der Waals surface area contributed by atoms with Crippen LogP contribution in [0.25, 0.3) is 0 Å². The predicted octanol–water partition coefficient (Wildman–Crippen LogP) is 1.49. The highest BCUT2D eigenvalue weighted by atomic mass is 16.6. The summed E-state index contributed by atoms with van der Waals surface area (Å²) in [4.78, 5) is 13.4. The van der Waals surface area contributed by atoms with Crippen LogP contribution in [0.4, 0.5) is 4.79 Å². The number of likely N-dealkylation sites (tertiary alicyclic amines) is 1. The number of hydrogen-bond acceptors (Lipinski definition) is 4. The number of carbonyl (C=O) groups excluding carboxylic acids is 1. The molecule has 0 radical (unpaired) electrons. The quantitative estimate of drug-likeness (QED) is 0.797. The molecule has 1 unspecified atom stereocenters. The van der Waals surface area contributed by atoms with Gasteiger partial charge in [0.1, 0.15) is 11.2 Å². The average molecular weight is 270 g/mol. The fourth-order valence-corrected chi connectivity index (χ4v) is 3.04. The van der Waals surface area contributed by atoms with Gasteiger partial charge in [-0.05, 0) is 39.5 Å². The van der Waals surface area contributed by atoms with Gasteiger partial charge in [0.15, 0.2) is 0 Å². The van der Waals surface area contributed by atoms with Crippen molar-refractivity contribution in [1.82, 2.24) is 4.90 Å². The molecule has 1 heterocycles. The first kappa shape index (κ1) is 14.6. The molecule has 0 aromatic rings. The van der Waals surface area contributed by atoms with Crippen LogP contribution in [0.1, 0.15) is 46.5 Å². The summed E-state index contributed by atoms with van der Waals surface area (Å²) in [6.07, 6.45) is 4.22. The van der Waals surface area contributed by atoms with Crippen molar-refractivity contribution in [2.75, 3.05) is 13.1 Å². The fourth-order valence-electron chi connectivity index (χ4n) is 3.04. The molecule has 2 aliphatic rings. The minimum atomic E-state index is -0.925. The molecule has 1 atom stereocenters. The van der Waals surface area contributed by atoms with Gasteiger partial charge in [0, 0.05) is 6.04 Å². The Labute approximate surface area is 115 Å². The van der Waals surface area contributed by atoms with E-state index in [1.165, 1.54) is 17.7 Å². The molecule has 1 aliphatic heterocycles. The molecule has 5 nitrogen and oxygen atoms in total. The molecular weight excluding hydrogens is 244 g/mol. The zero-order chi connectivity index (χ0) is 14.3. The van der Waals surface area contributed by atoms with Crippen LogP contribution in [0.3, 0.4) is 0 Å². The summed E-state index contributed by atoms with van der Waals surface area (Å²) in [7, 11) is 0. The zero-order valence-electron chi connectivity index (χ0n) is 12.2. The zero-order valence-corrected chi connectivity index (χ0v) is 12.2. The lowest BCUT2D eigenvalue weighted by Gasteiger charge is -2.50. The Bertz CT molecular complexity index is 339. The molecule has 1 saturated heterocycles. The van der Waals surface area contributed by atoms with Crippen LogP contribution in [0, 0.1) is 5.92 Å². The molecule has 3 N–H and O–H groups in total. The Morgan fingerprint density at radius 3 is 2.37 bits per heavy atom. The maximum atomic E-state index is 11.8. The van der Waals surface area contributed by atoms with Crippen LogP contribution in [0.15, 0.2) is 0 Å². The van der Waals surface area contributed by atoms with Gasteiger partial charge >= 0.3 is 6.09 Å². The van der Waals surface area contributed by atoms with Crippen LogP contribution >= 0.6 is 0 Å². The summed E-state index contributed by atoms with van der Waals surface area (Å²) >= 11 is 0. The highest BCUT2D eigenvalue weighted by molar-refractivity contribution is 5.69. The summed E-state index contributed by atoms with van der Waals surface area (Å²) in [5.74, 6) is 0.394. The van der Waals surface area contributed by atoms with Gasteiger partial charge < -0.3 is 20.5 Å². The monoisotopic (exact) mass is 270 g/mol. The van der Waals surface area contributed by atoms with Crippen molar-refractivity contribution in [2.24, 2.45) is 11.7 Å². The lowest BCUT2D eigenvalue weighted by Crippen LogP contribution is -2.72. The number of β-amino-alcohol motifs (C(OH)–C–C–N with tert-alkyl or cyclic N) is 1. The Kier molecular flexibility index (Phi) is 3.80. The van der Waals surface area contributed by atoms with Crippen LogP contribution in [-0.2, 0) is 4.74 Å². The van der Waals surface area contributed by atoms with E-state index in [4.69, 9.17) is 10.5 Å². The average Bonchev–Trinajstić information content (AvgIpc) is 2.74. The van der Waals surface area contributed by atoms with Crippen molar-refractivity contribution in [3.05, 3.63) is 0 Å². The molecule has 0 aromatic heterocycles. The highest BCUT2D eigenvalue weighted by Crippen LogP contribution is 2.35. The highest BCUT2D eigenvalue weighted by Gasteiger charge is 2.51. The number of hydrogen-bond donors (Lipinski definition) is 2. The molecule has 1 amide bonds. The number of amides is 1. The number of rotatable bonds is 2. The minimum absolute atomic E-state index is 0.228. The minimum Gasteiger partial charge on any atom is -0.444 e. The molecule has 0 spiro atoms. The maximum Gasteiger partial charge on any atom is 0.410 e. The predicted molar refractivity (Wildman–Crippen MR) is 72.7 cm³/mol. The van der Waals surface area contributed by atoms with Crippen molar-refractivity contribution in [3.63, 3.8) is 0 Å².